The van der Waals surface area contributed by atoms with Crippen molar-refractivity contribution >= 4 is 7.53 Å². The van der Waals surface area contributed by atoms with Gasteiger partial charge in [-0.3, -0.25) is 0 Å². The van der Waals surface area contributed by atoms with Crippen LogP contribution < -0.4 is 0 Å². The summed E-state index contributed by atoms with van der Waals surface area (Å²) in [6.45, 7) is 26.9. The van der Waals surface area contributed by atoms with Gasteiger partial charge < -0.3 is 0 Å². The molecule has 0 spiro atoms. The molecular weight excluding hydrogens is 367 g/mol. The number of hydrogen-bond acceptors (Lipinski definition) is 0. The second-order valence-electron chi connectivity index (χ2n) is 3.37. The van der Waals surface area contributed by atoms with Crippen molar-refractivity contribution in [2.75, 3.05) is 0 Å². The van der Waals surface area contributed by atoms with Gasteiger partial charge >= 0.3 is 56.5 Å². The van der Waals surface area contributed by atoms with Crippen LogP contribution in [0.1, 0.15) is 11.1 Å². The zero-order valence-corrected chi connectivity index (χ0v) is 15.1. The van der Waals surface area contributed by atoms with Crippen molar-refractivity contribution in [1.29, 1.82) is 0 Å². The van der Waals surface area contributed by atoms with Crippen molar-refractivity contribution in [3.8, 4) is 5.30 Å². The van der Waals surface area contributed by atoms with Crippen molar-refractivity contribution in [2.24, 2.45) is 0 Å². The number of hydrogen-bond donors (Lipinski definition) is 0. The summed E-state index contributed by atoms with van der Waals surface area (Å²) < 4.78 is 37.5. The van der Waals surface area contributed by atoms with Crippen LogP contribution in [0.2, 0.25) is 0 Å². The maximum absolute atomic E-state index is 7.50. The summed E-state index contributed by atoms with van der Waals surface area (Å²) in [5.41, 5.74) is 2.88. The van der Waals surface area contributed by atoms with Crippen LogP contribution in [-0.2, 0) is 40.6 Å². The Labute approximate surface area is 153 Å². The van der Waals surface area contributed by atoms with Gasteiger partial charge in [-0.25, -0.2) is 0 Å². The van der Waals surface area contributed by atoms with Crippen LogP contribution in [0.15, 0.2) is 41.9 Å². The topological polar surface area (TPSA) is 99.5 Å². The van der Waals surface area contributed by atoms with E-state index in [9.17, 15) is 0 Å². The molecule has 1 heterocycles. The van der Waals surface area contributed by atoms with E-state index in [2.05, 4.69) is 89.0 Å². The van der Waals surface area contributed by atoms with E-state index >= 15 is 0 Å². The molecule has 1 aromatic carbocycles. The largest absolute Gasteiger partial charge is 0 e. The van der Waals surface area contributed by atoms with Crippen LogP contribution in [-0.4, -0.2) is 0 Å². The average Bonchev–Trinajstić information content (AvgIpc) is 3.03. The Kier molecular flexibility index (Phi) is 41.2. The van der Waals surface area contributed by atoms with Gasteiger partial charge in [0.2, 0.25) is 0 Å². The molecule has 0 aliphatic heterocycles. The average molecular weight is 380 g/mol. The Bertz CT molecular complexity index is 555. The van der Waals surface area contributed by atoms with E-state index in [1.807, 2.05) is 0 Å². The molecule has 5 nitrogen and oxygen atoms in total. The summed E-state index contributed by atoms with van der Waals surface area (Å²) in [4.78, 5) is 0. The second-order valence-corrected chi connectivity index (χ2v) is 5.21. The molecule has 2 rings (SSSR count). The first-order chi connectivity index (χ1) is 11.3. The van der Waals surface area contributed by atoms with Crippen molar-refractivity contribution in [2.45, 2.75) is 13.8 Å². The minimum atomic E-state index is -0.143. The van der Waals surface area contributed by atoms with Gasteiger partial charge in [0.05, 0.1) is 0 Å². The van der Waals surface area contributed by atoms with E-state index in [1.54, 1.807) is 0 Å². The first kappa shape index (κ1) is 33.8. The Morgan fingerprint density at radius 2 is 0.917 bits per heavy atom. The van der Waals surface area contributed by atoms with Gasteiger partial charge in [0, 0.05) is 17.4 Å². The fraction of sp³-hybridized carbons (Fsp3) is 0.118. The van der Waals surface area contributed by atoms with E-state index < -0.39 is 0 Å². The van der Waals surface area contributed by atoms with Crippen molar-refractivity contribution in [3.05, 3.63) is 86.3 Å². The van der Waals surface area contributed by atoms with E-state index in [-0.39, 0.29) is 24.9 Å². The maximum atomic E-state index is 7.50. The van der Waals surface area contributed by atoms with Crippen LogP contribution in [0.4, 0.5) is 0 Å². The molecule has 7 heteroatoms. The van der Waals surface area contributed by atoms with E-state index in [0.717, 1.165) is 0 Å². The number of aryl methyl sites for hydroxylation is 2. The van der Waals surface area contributed by atoms with Gasteiger partial charge in [-0.15, -0.1) is 0 Å². The van der Waals surface area contributed by atoms with Gasteiger partial charge in [-0.05, 0) is 41.9 Å². The molecule has 122 valence electrons. The van der Waals surface area contributed by atoms with Crippen LogP contribution in [0.5, 0.6) is 0 Å². The smallest absolute Gasteiger partial charge is 0 e. The molecule has 1 aromatic heterocycles. The van der Waals surface area contributed by atoms with Gasteiger partial charge in [-0.1, -0.05) is 37.9 Å². The van der Waals surface area contributed by atoms with Gasteiger partial charge in [0.15, 0.2) is 0 Å². The molecule has 24 heavy (non-hydrogen) atoms. The molecule has 0 bridgehead atoms. The Morgan fingerprint density at radius 3 is 1.21 bits per heavy atom. The normalized spacial score (nSPS) is 6.00. The van der Waals surface area contributed by atoms with Gasteiger partial charge in [0.1, 0.15) is 0 Å². The fourth-order valence-corrected chi connectivity index (χ4v) is 3.54. The molecule has 0 fully saturated rings. The second kappa shape index (κ2) is 29.3. The van der Waals surface area contributed by atoms with Crippen LogP contribution in [0, 0.1) is 47.1 Å². The fourth-order valence-electron chi connectivity index (χ4n) is 1.41. The summed E-state index contributed by atoms with van der Waals surface area (Å²) in [5, 5.41) is 1.45. The Balaban J connectivity index is -0.0000000950. The molecule has 0 aliphatic rings. The predicted octanol–water partition coefficient (Wildman–Crippen LogP) is 4.09. The third-order valence-electron chi connectivity index (χ3n) is 2.34. The quantitative estimate of drug-likeness (QED) is 0.526. The molecule has 0 aliphatic carbocycles. The first-order valence-corrected chi connectivity index (χ1v) is 6.98. The van der Waals surface area contributed by atoms with Crippen LogP contribution in [0.3, 0.4) is 0 Å². The third-order valence-corrected chi connectivity index (χ3v) is 4.57. The predicted molar refractivity (Wildman–Crippen MR) is 79.6 cm³/mol. The molecule has 0 radical (unpaired) electrons. The zero-order chi connectivity index (χ0) is 19.3. The van der Waals surface area contributed by atoms with Crippen molar-refractivity contribution in [3.63, 3.8) is 0 Å². The van der Waals surface area contributed by atoms with Gasteiger partial charge in [0.25, 0.3) is 0 Å². The summed E-state index contributed by atoms with van der Waals surface area (Å²) in [5.74, 6) is 4.78. The Hall–Kier alpha value is -1.77. The molecule has 2 aromatic rings. The van der Waals surface area contributed by atoms with E-state index in [4.69, 9.17) is 23.3 Å². The number of rotatable bonds is 1. The minimum absolute atomic E-state index is 0. The van der Waals surface area contributed by atoms with Gasteiger partial charge in [-0.2, -0.15) is 0 Å². The number of benzene rings is 1. The van der Waals surface area contributed by atoms with Crippen molar-refractivity contribution in [1.82, 2.24) is 0 Å². The first-order valence-electron chi connectivity index (χ1n) is 5.50. The monoisotopic (exact) mass is 380 g/mol. The van der Waals surface area contributed by atoms with Crippen molar-refractivity contribution < 1.29 is 40.6 Å². The van der Waals surface area contributed by atoms with E-state index in [0.29, 0.717) is 0 Å². The third kappa shape index (κ3) is 15.1. The maximum Gasteiger partial charge on any atom is 0 e. The van der Waals surface area contributed by atoms with E-state index in [1.165, 1.54) is 16.4 Å². The molecule has 0 N–H and O–H groups in total. The molecular formula is C17H13CrO5P. The summed E-state index contributed by atoms with van der Waals surface area (Å²) >= 11 is 0. The summed E-state index contributed by atoms with van der Waals surface area (Å²) in [7, 11) is -0.143. The molecule has 0 amide bonds. The van der Waals surface area contributed by atoms with Crippen LogP contribution in [0.25, 0.3) is 5.30 Å². The summed E-state index contributed by atoms with van der Waals surface area (Å²) in [6.07, 6.45) is 0. The standard InChI is InChI=1S/C12H13P.5CO.Cr/c1-10-8-13(9-11(10)2)12-6-4-3-5-7-12;5*1-2;/h3-9H,1-2H3;;;;;;. The van der Waals surface area contributed by atoms with Crippen LogP contribution >= 0.6 is 7.53 Å². The molecule has 0 atom stereocenters. The zero-order valence-electron chi connectivity index (χ0n) is 12.9. The SMILES string of the molecule is Cc1cp(-c2ccccc2)cc1C.[C-]#[O+].[C-]#[O+].[C-]#[O+].[C-]#[O+].[C-]#[O+].[Cr]. The minimum Gasteiger partial charge on any atom is 0 e. The Morgan fingerprint density at radius 1 is 0.625 bits per heavy atom. The summed E-state index contributed by atoms with van der Waals surface area (Å²) in [6, 6.07) is 10.7. The molecule has 0 unspecified atom stereocenters. The molecule has 0 saturated heterocycles. The molecule has 0 saturated carbocycles.